The normalized spacial score (nSPS) is 15.1. The van der Waals surface area contributed by atoms with Crippen LogP contribution in [-0.4, -0.2) is 11.9 Å². The van der Waals surface area contributed by atoms with Crippen molar-refractivity contribution >= 4 is 11.4 Å². The van der Waals surface area contributed by atoms with Gasteiger partial charge in [0.25, 0.3) is 0 Å². The van der Waals surface area contributed by atoms with Crippen molar-refractivity contribution in [2.45, 2.75) is 6.54 Å². The molecule has 0 fully saturated rings. The standard InChI is InChI=1S/C10H12N2/c1-7-10-5-9(11)4-3-8(10)6-12(7)2/h3-5H,1,6,11H2,2H3. The average Bonchev–Trinajstić information content (AvgIpc) is 2.31. The molecule has 0 radical (unpaired) electrons. The Morgan fingerprint density at radius 3 is 3.00 bits per heavy atom. The summed E-state index contributed by atoms with van der Waals surface area (Å²) in [6, 6.07) is 5.99. The Hall–Kier alpha value is -1.44. The van der Waals surface area contributed by atoms with Crippen LogP contribution in [0.25, 0.3) is 5.70 Å². The Kier molecular flexibility index (Phi) is 1.37. The monoisotopic (exact) mass is 160 g/mol. The second-order valence-electron chi connectivity index (χ2n) is 3.22. The van der Waals surface area contributed by atoms with E-state index >= 15 is 0 Å². The molecule has 0 spiro atoms. The van der Waals surface area contributed by atoms with Crippen molar-refractivity contribution in [3.8, 4) is 0 Å². The molecule has 0 saturated carbocycles. The fourth-order valence-electron chi connectivity index (χ4n) is 1.56. The zero-order chi connectivity index (χ0) is 8.72. The van der Waals surface area contributed by atoms with Crippen molar-refractivity contribution < 1.29 is 0 Å². The highest BCUT2D eigenvalue weighted by molar-refractivity contribution is 5.71. The van der Waals surface area contributed by atoms with Crippen LogP contribution in [0.1, 0.15) is 11.1 Å². The third kappa shape index (κ3) is 0.881. The molecule has 2 N–H and O–H groups in total. The molecule has 0 bridgehead atoms. The smallest absolute Gasteiger partial charge is 0.0432 e. The summed E-state index contributed by atoms with van der Waals surface area (Å²) in [5, 5.41) is 0. The van der Waals surface area contributed by atoms with Gasteiger partial charge in [0.05, 0.1) is 0 Å². The maximum Gasteiger partial charge on any atom is 0.0432 e. The number of rotatable bonds is 0. The van der Waals surface area contributed by atoms with E-state index < -0.39 is 0 Å². The Balaban J connectivity index is 2.56. The highest BCUT2D eigenvalue weighted by Gasteiger charge is 2.18. The van der Waals surface area contributed by atoms with Gasteiger partial charge in [-0.15, -0.1) is 0 Å². The summed E-state index contributed by atoms with van der Waals surface area (Å²) in [6.07, 6.45) is 0. The molecule has 1 aromatic rings. The predicted octanol–water partition coefficient (Wildman–Crippen LogP) is 1.68. The van der Waals surface area contributed by atoms with Crippen LogP contribution in [0, 0.1) is 0 Å². The van der Waals surface area contributed by atoms with Crippen LogP contribution < -0.4 is 5.73 Å². The second-order valence-corrected chi connectivity index (χ2v) is 3.22. The summed E-state index contributed by atoms with van der Waals surface area (Å²) in [5.41, 5.74) is 10.1. The van der Waals surface area contributed by atoms with E-state index in [1.165, 1.54) is 11.1 Å². The van der Waals surface area contributed by atoms with Gasteiger partial charge < -0.3 is 10.6 Å². The molecule has 1 heterocycles. The molecule has 0 amide bonds. The van der Waals surface area contributed by atoms with Crippen LogP contribution in [0.15, 0.2) is 24.8 Å². The van der Waals surface area contributed by atoms with E-state index in [0.717, 1.165) is 17.9 Å². The Morgan fingerprint density at radius 2 is 2.25 bits per heavy atom. The lowest BCUT2D eigenvalue weighted by atomic mass is 10.1. The lowest BCUT2D eigenvalue weighted by molar-refractivity contribution is 0.501. The number of hydrogen-bond acceptors (Lipinski definition) is 2. The van der Waals surface area contributed by atoms with Crippen LogP contribution in [-0.2, 0) is 6.54 Å². The first kappa shape index (κ1) is 7.22. The SMILES string of the molecule is C=C1c2cc(N)ccc2CN1C. The number of benzene rings is 1. The van der Waals surface area contributed by atoms with Gasteiger partial charge in [-0.3, -0.25) is 0 Å². The topological polar surface area (TPSA) is 29.3 Å². The molecule has 2 heteroatoms. The van der Waals surface area contributed by atoms with Gasteiger partial charge in [-0.25, -0.2) is 0 Å². The van der Waals surface area contributed by atoms with Crippen molar-refractivity contribution in [2.75, 3.05) is 12.8 Å². The highest BCUT2D eigenvalue weighted by atomic mass is 15.1. The van der Waals surface area contributed by atoms with Gasteiger partial charge in [-0.1, -0.05) is 12.6 Å². The van der Waals surface area contributed by atoms with Crippen molar-refractivity contribution in [1.82, 2.24) is 4.90 Å². The zero-order valence-electron chi connectivity index (χ0n) is 7.17. The van der Waals surface area contributed by atoms with E-state index in [4.69, 9.17) is 5.73 Å². The van der Waals surface area contributed by atoms with E-state index in [1.807, 2.05) is 19.2 Å². The van der Waals surface area contributed by atoms with Crippen molar-refractivity contribution in [3.63, 3.8) is 0 Å². The van der Waals surface area contributed by atoms with E-state index in [2.05, 4.69) is 17.5 Å². The number of nitrogens with zero attached hydrogens (tertiary/aromatic N) is 1. The summed E-state index contributed by atoms with van der Waals surface area (Å²) >= 11 is 0. The van der Waals surface area contributed by atoms with Crippen molar-refractivity contribution in [1.29, 1.82) is 0 Å². The van der Waals surface area contributed by atoms with Gasteiger partial charge in [0.1, 0.15) is 0 Å². The zero-order valence-corrected chi connectivity index (χ0v) is 7.17. The Bertz CT molecular complexity index is 342. The van der Waals surface area contributed by atoms with Gasteiger partial charge >= 0.3 is 0 Å². The van der Waals surface area contributed by atoms with Crippen LogP contribution in [0.4, 0.5) is 5.69 Å². The largest absolute Gasteiger partial charge is 0.399 e. The van der Waals surface area contributed by atoms with Crippen LogP contribution in [0.5, 0.6) is 0 Å². The maximum absolute atomic E-state index is 5.68. The van der Waals surface area contributed by atoms with E-state index in [-0.39, 0.29) is 0 Å². The summed E-state index contributed by atoms with van der Waals surface area (Å²) in [6.45, 7) is 4.94. The minimum absolute atomic E-state index is 0.810. The fourth-order valence-corrected chi connectivity index (χ4v) is 1.56. The third-order valence-corrected chi connectivity index (χ3v) is 2.31. The van der Waals surface area contributed by atoms with E-state index in [1.54, 1.807) is 0 Å². The van der Waals surface area contributed by atoms with Gasteiger partial charge in [-0.2, -0.15) is 0 Å². The molecule has 1 aliphatic heterocycles. The lowest BCUT2D eigenvalue weighted by Gasteiger charge is -2.10. The Labute approximate surface area is 72.3 Å². The molecule has 0 atom stereocenters. The maximum atomic E-state index is 5.68. The molecule has 0 aliphatic carbocycles. The lowest BCUT2D eigenvalue weighted by Crippen LogP contribution is -2.05. The van der Waals surface area contributed by atoms with E-state index in [0.29, 0.717) is 0 Å². The van der Waals surface area contributed by atoms with Gasteiger partial charge in [-0.05, 0) is 17.7 Å². The van der Waals surface area contributed by atoms with Crippen molar-refractivity contribution in [2.24, 2.45) is 0 Å². The molecule has 2 nitrogen and oxygen atoms in total. The summed E-state index contributed by atoms with van der Waals surface area (Å²) in [7, 11) is 2.04. The molecular weight excluding hydrogens is 148 g/mol. The van der Waals surface area contributed by atoms with Gasteiger partial charge in [0, 0.05) is 30.5 Å². The quantitative estimate of drug-likeness (QED) is 0.585. The van der Waals surface area contributed by atoms with E-state index in [9.17, 15) is 0 Å². The minimum atomic E-state index is 0.810. The molecule has 0 saturated heterocycles. The second kappa shape index (κ2) is 2.27. The predicted molar refractivity (Wildman–Crippen MR) is 51.4 cm³/mol. The van der Waals surface area contributed by atoms with Crippen LogP contribution in [0.2, 0.25) is 0 Å². The fraction of sp³-hybridized carbons (Fsp3) is 0.200. The first-order valence-electron chi connectivity index (χ1n) is 3.97. The molecule has 1 aliphatic rings. The first-order valence-corrected chi connectivity index (χ1v) is 3.97. The summed E-state index contributed by atoms with van der Waals surface area (Å²) in [4.78, 5) is 2.13. The third-order valence-electron chi connectivity index (χ3n) is 2.31. The number of anilines is 1. The molecule has 2 rings (SSSR count). The molecule has 62 valence electrons. The number of fused-ring (bicyclic) bond motifs is 1. The average molecular weight is 160 g/mol. The summed E-state index contributed by atoms with van der Waals surface area (Å²) in [5.74, 6) is 0. The molecular formula is C10H12N2. The van der Waals surface area contributed by atoms with Gasteiger partial charge in [0.2, 0.25) is 0 Å². The van der Waals surface area contributed by atoms with Crippen molar-refractivity contribution in [3.05, 3.63) is 35.9 Å². The summed E-state index contributed by atoms with van der Waals surface area (Å²) < 4.78 is 0. The molecule has 0 aromatic heterocycles. The minimum Gasteiger partial charge on any atom is -0.399 e. The van der Waals surface area contributed by atoms with Crippen LogP contribution >= 0.6 is 0 Å². The van der Waals surface area contributed by atoms with Gasteiger partial charge in [0.15, 0.2) is 0 Å². The number of nitrogen functional groups attached to an aromatic ring is 1. The highest BCUT2D eigenvalue weighted by Crippen LogP contribution is 2.30. The number of hydrogen-bond donors (Lipinski definition) is 1. The number of nitrogens with two attached hydrogens (primary N) is 1. The molecule has 0 unspecified atom stereocenters. The first-order chi connectivity index (χ1) is 5.68. The Morgan fingerprint density at radius 1 is 1.50 bits per heavy atom. The molecule has 1 aromatic carbocycles. The van der Waals surface area contributed by atoms with Crippen LogP contribution in [0.3, 0.4) is 0 Å². The molecule has 12 heavy (non-hydrogen) atoms.